The lowest BCUT2D eigenvalue weighted by molar-refractivity contribution is -0.167. The van der Waals surface area contributed by atoms with Crippen molar-refractivity contribution < 1.29 is 28.6 Å². The molecule has 0 aromatic rings. The van der Waals surface area contributed by atoms with Gasteiger partial charge in [-0.1, -0.05) is 247 Å². The summed E-state index contributed by atoms with van der Waals surface area (Å²) in [5.74, 6) is 0.760. The molecule has 6 nitrogen and oxygen atoms in total. The van der Waals surface area contributed by atoms with E-state index in [9.17, 15) is 14.4 Å². The van der Waals surface area contributed by atoms with Crippen molar-refractivity contribution in [2.75, 3.05) is 13.2 Å². The average molecular weight is 821 g/mol. The Morgan fingerprint density at radius 1 is 0.328 bits per heavy atom. The SMILES string of the molecule is CCCCCCCCCCCCCCCCCC(=O)OC[C@@H](COC(=O)CCCCCCCCCCCCCCC(C)C)OC(=O)CCCCCCCCCC(C)C. The minimum absolute atomic E-state index is 0.0644. The van der Waals surface area contributed by atoms with Gasteiger partial charge in [0, 0.05) is 19.3 Å². The fourth-order valence-electron chi connectivity index (χ4n) is 7.81. The molecule has 0 amide bonds. The lowest BCUT2D eigenvalue weighted by Crippen LogP contribution is -2.30. The van der Waals surface area contributed by atoms with Crippen molar-refractivity contribution in [1.29, 1.82) is 0 Å². The number of rotatable bonds is 46. The van der Waals surface area contributed by atoms with Gasteiger partial charge in [0.25, 0.3) is 0 Å². The summed E-state index contributed by atoms with van der Waals surface area (Å²) in [7, 11) is 0. The minimum Gasteiger partial charge on any atom is -0.462 e. The highest BCUT2D eigenvalue weighted by molar-refractivity contribution is 5.71. The summed E-state index contributed by atoms with van der Waals surface area (Å²) in [5.41, 5.74) is 0. The van der Waals surface area contributed by atoms with Crippen LogP contribution in [0.25, 0.3) is 0 Å². The largest absolute Gasteiger partial charge is 0.462 e. The van der Waals surface area contributed by atoms with E-state index in [2.05, 4.69) is 34.6 Å². The van der Waals surface area contributed by atoms with Crippen LogP contribution in [0.2, 0.25) is 0 Å². The van der Waals surface area contributed by atoms with Crippen molar-refractivity contribution in [2.24, 2.45) is 11.8 Å². The van der Waals surface area contributed by atoms with Gasteiger partial charge >= 0.3 is 17.9 Å². The van der Waals surface area contributed by atoms with Crippen LogP contribution in [0.5, 0.6) is 0 Å². The van der Waals surface area contributed by atoms with E-state index < -0.39 is 6.10 Å². The van der Waals surface area contributed by atoms with Crippen LogP contribution in [0, 0.1) is 11.8 Å². The van der Waals surface area contributed by atoms with Crippen LogP contribution in [-0.2, 0) is 28.6 Å². The van der Waals surface area contributed by atoms with Crippen molar-refractivity contribution in [1.82, 2.24) is 0 Å². The molecule has 0 saturated heterocycles. The molecule has 0 heterocycles. The van der Waals surface area contributed by atoms with Gasteiger partial charge in [0.1, 0.15) is 13.2 Å². The number of unbranched alkanes of at least 4 members (excludes halogenated alkanes) is 31. The minimum atomic E-state index is -0.762. The molecule has 0 N–H and O–H groups in total. The van der Waals surface area contributed by atoms with Gasteiger partial charge < -0.3 is 14.2 Å². The Morgan fingerprint density at radius 2 is 0.569 bits per heavy atom. The summed E-state index contributed by atoms with van der Waals surface area (Å²) in [5, 5.41) is 0. The molecule has 58 heavy (non-hydrogen) atoms. The van der Waals surface area contributed by atoms with Crippen LogP contribution in [0.4, 0.5) is 0 Å². The monoisotopic (exact) mass is 821 g/mol. The number of ether oxygens (including phenoxy) is 3. The molecule has 0 spiro atoms. The van der Waals surface area contributed by atoms with Crippen molar-refractivity contribution in [3.63, 3.8) is 0 Å². The van der Waals surface area contributed by atoms with E-state index in [0.29, 0.717) is 19.3 Å². The molecule has 0 bridgehead atoms. The second-order valence-corrected chi connectivity index (χ2v) is 18.8. The Balaban J connectivity index is 4.27. The third kappa shape index (κ3) is 45.5. The number of hydrogen-bond donors (Lipinski definition) is 0. The quantitative estimate of drug-likeness (QED) is 0.0346. The highest BCUT2D eigenvalue weighted by atomic mass is 16.6. The molecule has 0 aliphatic carbocycles. The van der Waals surface area contributed by atoms with Crippen LogP contribution in [0.3, 0.4) is 0 Å². The summed E-state index contributed by atoms with van der Waals surface area (Å²) in [6.45, 7) is 11.3. The van der Waals surface area contributed by atoms with Crippen LogP contribution < -0.4 is 0 Å². The Bertz CT molecular complexity index is 885. The second-order valence-electron chi connectivity index (χ2n) is 18.8. The van der Waals surface area contributed by atoms with Gasteiger partial charge in [-0.2, -0.15) is 0 Å². The van der Waals surface area contributed by atoms with Gasteiger partial charge in [0.05, 0.1) is 0 Å². The molecule has 6 heteroatoms. The Morgan fingerprint density at radius 3 is 0.845 bits per heavy atom. The molecule has 0 rings (SSSR count). The molecule has 0 aliphatic heterocycles. The zero-order valence-corrected chi connectivity index (χ0v) is 39.7. The highest BCUT2D eigenvalue weighted by Crippen LogP contribution is 2.17. The summed E-state index contributed by atoms with van der Waals surface area (Å²) in [4.78, 5) is 37.9. The average Bonchev–Trinajstić information content (AvgIpc) is 3.19. The number of hydrogen-bond acceptors (Lipinski definition) is 6. The lowest BCUT2D eigenvalue weighted by Gasteiger charge is -2.18. The Kier molecular flexibility index (Phi) is 43.7. The second kappa shape index (κ2) is 44.9. The predicted octanol–water partition coefficient (Wildman–Crippen LogP) is 16.5. The maximum atomic E-state index is 12.7. The maximum absolute atomic E-state index is 12.7. The van der Waals surface area contributed by atoms with Gasteiger partial charge in [-0.15, -0.1) is 0 Å². The fraction of sp³-hybridized carbons (Fsp3) is 0.942. The number of carbonyl (C=O) groups is 3. The van der Waals surface area contributed by atoms with Gasteiger partial charge in [0.15, 0.2) is 6.10 Å². The Labute approximate surface area is 361 Å². The topological polar surface area (TPSA) is 78.9 Å². The van der Waals surface area contributed by atoms with Gasteiger partial charge in [-0.25, -0.2) is 0 Å². The van der Waals surface area contributed by atoms with E-state index in [0.717, 1.165) is 69.6 Å². The molecular weight excluding hydrogens is 721 g/mol. The fourth-order valence-corrected chi connectivity index (χ4v) is 7.81. The first-order valence-corrected chi connectivity index (χ1v) is 25.7. The van der Waals surface area contributed by atoms with Crippen LogP contribution in [-0.4, -0.2) is 37.2 Å². The van der Waals surface area contributed by atoms with Crippen molar-refractivity contribution in [3.8, 4) is 0 Å². The summed E-state index contributed by atoms with van der Waals surface area (Å²) in [6, 6.07) is 0. The molecule has 344 valence electrons. The molecule has 0 aromatic carbocycles. The van der Waals surface area contributed by atoms with Gasteiger partial charge in [-0.3, -0.25) is 14.4 Å². The van der Waals surface area contributed by atoms with E-state index in [1.807, 2.05) is 0 Å². The van der Waals surface area contributed by atoms with Gasteiger partial charge in [-0.05, 0) is 31.1 Å². The van der Waals surface area contributed by atoms with Crippen LogP contribution in [0.1, 0.15) is 285 Å². The van der Waals surface area contributed by atoms with Crippen LogP contribution >= 0.6 is 0 Å². The maximum Gasteiger partial charge on any atom is 0.306 e. The first-order chi connectivity index (χ1) is 28.2. The zero-order chi connectivity index (χ0) is 42.6. The third-order valence-electron chi connectivity index (χ3n) is 11.7. The molecule has 0 fully saturated rings. The molecule has 0 radical (unpaired) electrons. The number of esters is 3. The smallest absolute Gasteiger partial charge is 0.306 e. The summed E-state index contributed by atoms with van der Waals surface area (Å²) >= 11 is 0. The normalized spacial score (nSPS) is 12.1. The molecule has 0 aromatic heterocycles. The lowest BCUT2D eigenvalue weighted by atomic mass is 10.0. The van der Waals surface area contributed by atoms with Crippen molar-refractivity contribution in [3.05, 3.63) is 0 Å². The summed E-state index contributed by atoms with van der Waals surface area (Å²) < 4.78 is 16.8. The molecule has 0 unspecified atom stereocenters. The molecular formula is C52H100O6. The summed E-state index contributed by atoms with van der Waals surface area (Å²) in [6.07, 6.45) is 45.2. The van der Waals surface area contributed by atoms with Crippen molar-refractivity contribution >= 4 is 17.9 Å². The van der Waals surface area contributed by atoms with Gasteiger partial charge in [0.2, 0.25) is 0 Å². The van der Waals surface area contributed by atoms with Crippen molar-refractivity contribution in [2.45, 2.75) is 291 Å². The zero-order valence-electron chi connectivity index (χ0n) is 39.7. The van der Waals surface area contributed by atoms with Crippen LogP contribution in [0.15, 0.2) is 0 Å². The first kappa shape index (κ1) is 56.4. The first-order valence-electron chi connectivity index (χ1n) is 25.7. The van der Waals surface area contributed by atoms with E-state index in [-0.39, 0.29) is 31.1 Å². The predicted molar refractivity (Wildman–Crippen MR) is 247 cm³/mol. The Hall–Kier alpha value is -1.59. The van der Waals surface area contributed by atoms with E-state index in [4.69, 9.17) is 14.2 Å². The van der Waals surface area contributed by atoms with E-state index in [1.54, 1.807) is 0 Å². The molecule has 0 saturated carbocycles. The highest BCUT2D eigenvalue weighted by Gasteiger charge is 2.19. The van der Waals surface area contributed by atoms with E-state index in [1.165, 1.54) is 173 Å². The van der Waals surface area contributed by atoms with E-state index >= 15 is 0 Å². The molecule has 1 atom stereocenters. The number of carbonyl (C=O) groups excluding carboxylic acids is 3. The third-order valence-corrected chi connectivity index (χ3v) is 11.7. The standard InChI is InChI=1S/C52H100O6/c1-6-7-8-9-10-11-12-13-14-15-19-22-27-32-37-42-50(53)56-45-49(58-52(55)44-39-34-29-24-26-31-36-41-48(4)5)46-57-51(54)43-38-33-28-23-20-17-16-18-21-25-30-35-40-47(2)3/h47-49H,6-46H2,1-5H3/t49-/m0/s1. The molecule has 0 aliphatic rings.